The number of rotatable bonds is 1. The number of carbonyl (C=O) groups excluding carboxylic acids is 3. The van der Waals surface area contributed by atoms with Gasteiger partial charge >= 0.3 is 0 Å². The maximum Gasteiger partial charge on any atom is 0.253 e. The summed E-state index contributed by atoms with van der Waals surface area (Å²) in [6.07, 6.45) is 5.25. The van der Waals surface area contributed by atoms with Gasteiger partial charge in [-0.15, -0.1) is 0 Å². The van der Waals surface area contributed by atoms with Crippen molar-refractivity contribution in [3.05, 3.63) is 29.8 Å². The van der Waals surface area contributed by atoms with Crippen molar-refractivity contribution in [3.63, 3.8) is 0 Å². The molecule has 2 atom stereocenters. The summed E-state index contributed by atoms with van der Waals surface area (Å²) in [5.74, 6) is -0.601. The molecule has 2 heterocycles. The van der Waals surface area contributed by atoms with Gasteiger partial charge in [0.05, 0.1) is 22.7 Å². The van der Waals surface area contributed by atoms with Crippen LogP contribution in [0.2, 0.25) is 0 Å². The second-order valence-electron chi connectivity index (χ2n) is 8.01. The Balaban J connectivity index is 1.59. The largest absolute Gasteiger partial charge is 0.344 e. The molecular formula is C20H25N3O3. The maximum atomic E-state index is 12.9. The molecule has 138 valence electrons. The third kappa shape index (κ3) is 2.87. The molecule has 3 aliphatic rings. The highest BCUT2D eigenvalue weighted by Gasteiger charge is 2.51. The lowest BCUT2D eigenvalue weighted by molar-refractivity contribution is -0.135. The smallest absolute Gasteiger partial charge is 0.253 e. The van der Waals surface area contributed by atoms with E-state index in [0.717, 1.165) is 25.7 Å². The summed E-state index contributed by atoms with van der Waals surface area (Å²) in [5, 5.41) is 5.93. The van der Waals surface area contributed by atoms with Crippen LogP contribution in [0.1, 0.15) is 49.4 Å². The highest BCUT2D eigenvalue weighted by atomic mass is 16.2. The minimum atomic E-state index is -0.751. The van der Waals surface area contributed by atoms with Crippen LogP contribution in [-0.2, 0) is 9.59 Å². The molecule has 4 rings (SSSR count). The topological polar surface area (TPSA) is 78.5 Å². The number of carbonyl (C=O) groups is 3. The number of nitrogens with one attached hydrogen (secondary N) is 2. The molecule has 1 saturated heterocycles. The maximum absolute atomic E-state index is 12.9. The van der Waals surface area contributed by atoms with Crippen molar-refractivity contribution in [1.82, 2.24) is 10.2 Å². The highest BCUT2D eigenvalue weighted by molar-refractivity contribution is 6.07. The summed E-state index contributed by atoms with van der Waals surface area (Å²) in [4.78, 5) is 40.3. The van der Waals surface area contributed by atoms with Crippen LogP contribution in [0.3, 0.4) is 0 Å². The number of nitrogens with zero attached hydrogens (tertiary/aromatic N) is 1. The molecule has 2 aliphatic heterocycles. The molecule has 0 aromatic heterocycles. The number of fused-ring (bicyclic) bond motifs is 2. The van der Waals surface area contributed by atoms with Crippen molar-refractivity contribution >= 4 is 23.4 Å². The minimum Gasteiger partial charge on any atom is -0.344 e. The van der Waals surface area contributed by atoms with Crippen LogP contribution in [0.15, 0.2) is 24.3 Å². The molecule has 0 unspecified atom stereocenters. The normalized spacial score (nSPS) is 29.1. The Morgan fingerprint density at radius 2 is 1.88 bits per heavy atom. The molecule has 1 aromatic carbocycles. The molecule has 1 aromatic rings. The van der Waals surface area contributed by atoms with Crippen LogP contribution < -0.4 is 10.6 Å². The number of para-hydroxylation sites is 1. The third-order valence-electron chi connectivity index (χ3n) is 6.10. The van der Waals surface area contributed by atoms with Gasteiger partial charge in [0.2, 0.25) is 11.8 Å². The molecule has 3 amide bonds. The fourth-order valence-corrected chi connectivity index (χ4v) is 4.60. The molecule has 1 aliphatic carbocycles. The standard InChI is InChI=1S/C20H25N3O3/c1-20-12-23(19(26)13-7-3-2-4-8-13)11-15(20)18(25)21-16-10-6-5-9-14(16)17(24)22-20/h5-6,9-10,13,15H,2-4,7-8,11-12H2,1H3,(H,21,25)(H,22,24)/t15-,20-/m0/s1. The van der Waals surface area contributed by atoms with Crippen molar-refractivity contribution in [1.29, 1.82) is 0 Å². The van der Waals surface area contributed by atoms with E-state index in [1.807, 2.05) is 6.92 Å². The van der Waals surface area contributed by atoms with Gasteiger partial charge in [-0.3, -0.25) is 14.4 Å². The van der Waals surface area contributed by atoms with Crippen molar-refractivity contribution in [2.75, 3.05) is 18.4 Å². The zero-order chi connectivity index (χ0) is 18.3. The number of likely N-dealkylation sites (tertiary alicyclic amines) is 1. The van der Waals surface area contributed by atoms with Gasteiger partial charge in [0.25, 0.3) is 5.91 Å². The summed E-state index contributed by atoms with van der Waals surface area (Å²) in [6, 6.07) is 7.00. The van der Waals surface area contributed by atoms with E-state index in [4.69, 9.17) is 0 Å². The Kier molecular flexibility index (Phi) is 4.21. The number of anilines is 1. The minimum absolute atomic E-state index is 0.0628. The van der Waals surface area contributed by atoms with E-state index in [1.54, 1.807) is 29.2 Å². The first-order chi connectivity index (χ1) is 12.5. The molecular weight excluding hydrogens is 330 g/mol. The van der Waals surface area contributed by atoms with Crippen LogP contribution in [0.4, 0.5) is 5.69 Å². The lowest BCUT2D eigenvalue weighted by Crippen LogP contribution is -2.56. The lowest BCUT2D eigenvalue weighted by atomic mass is 9.86. The first-order valence-corrected chi connectivity index (χ1v) is 9.49. The van der Waals surface area contributed by atoms with Gasteiger partial charge in [0.1, 0.15) is 0 Å². The van der Waals surface area contributed by atoms with E-state index in [0.29, 0.717) is 24.3 Å². The Morgan fingerprint density at radius 1 is 1.15 bits per heavy atom. The molecule has 0 spiro atoms. The lowest BCUT2D eigenvalue weighted by Gasteiger charge is -2.33. The van der Waals surface area contributed by atoms with Gasteiger partial charge in [-0.25, -0.2) is 0 Å². The molecule has 2 fully saturated rings. The number of hydrogen-bond donors (Lipinski definition) is 2. The molecule has 0 radical (unpaired) electrons. The van der Waals surface area contributed by atoms with Gasteiger partial charge in [-0.1, -0.05) is 31.4 Å². The average molecular weight is 355 g/mol. The SMILES string of the molecule is C[C@]12CN(C(=O)C3CCCCC3)C[C@H]1C(=O)Nc1ccccc1C(=O)N2. The third-order valence-corrected chi connectivity index (χ3v) is 6.10. The van der Waals surface area contributed by atoms with Gasteiger partial charge in [0, 0.05) is 19.0 Å². The van der Waals surface area contributed by atoms with E-state index >= 15 is 0 Å². The molecule has 6 nitrogen and oxygen atoms in total. The second kappa shape index (κ2) is 6.41. The molecule has 1 saturated carbocycles. The van der Waals surface area contributed by atoms with Crippen molar-refractivity contribution < 1.29 is 14.4 Å². The highest BCUT2D eigenvalue weighted by Crippen LogP contribution is 2.34. The first kappa shape index (κ1) is 17.1. The number of amides is 3. The van der Waals surface area contributed by atoms with Crippen molar-refractivity contribution in [2.24, 2.45) is 11.8 Å². The van der Waals surface area contributed by atoms with E-state index in [2.05, 4.69) is 10.6 Å². The van der Waals surface area contributed by atoms with Gasteiger partial charge in [-0.05, 0) is 31.9 Å². The van der Waals surface area contributed by atoms with Crippen LogP contribution in [0, 0.1) is 11.8 Å². The van der Waals surface area contributed by atoms with Gasteiger partial charge in [-0.2, -0.15) is 0 Å². The fourth-order valence-electron chi connectivity index (χ4n) is 4.60. The monoisotopic (exact) mass is 355 g/mol. The average Bonchev–Trinajstić information content (AvgIpc) is 2.98. The fraction of sp³-hybridized carbons (Fsp3) is 0.550. The van der Waals surface area contributed by atoms with E-state index in [-0.39, 0.29) is 23.6 Å². The van der Waals surface area contributed by atoms with E-state index < -0.39 is 11.5 Å². The number of benzene rings is 1. The Labute approximate surface area is 153 Å². The predicted molar refractivity (Wildman–Crippen MR) is 97.6 cm³/mol. The summed E-state index contributed by atoms with van der Waals surface area (Å²) < 4.78 is 0. The van der Waals surface area contributed by atoms with Crippen LogP contribution in [-0.4, -0.2) is 41.2 Å². The molecule has 26 heavy (non-hydrogen) atoms. The van der Waals surface area contributed by atoms with Gasteiger partial charge in [0.15, 0.2) is 0 Å². The van der Waals surface area contributed by atoms with E-state index in [1.165, 1.54) is 6.42 Å². The second-order valence-corrected chi connectivity index (χ2v) is 8.01. The zero-order valence-corrected chi connectivity index (χ0v) is 15.1. The molecule has 0 bridgehead atoms. The predicted octanol–water partition coefficient (Wildman–Crippen LogP) is 2.17. The van der Waals surface area contributed by atoms with Crippen LogP contribution >= 0.6 is 0 Å². The van der Waals surface area contributed by atoms with Crippen LogP contribution in [0.5, 0.6) is 0 Å². The summed E-state index contributed by atoms with van der Waals surface area (Å²) in [7, 11) is 0. The van der Waals surface area contributed by atoms with Gasteiger partial charge < -0.3 is 15.5 Å². The van der Waals surface area contributed by atoms with Crippen molar-refractivity contribution in [2.45, 2.75) is 44.6 Å². The number of hydrogen-bond acceptors (Lipinski definition) is 3. The summed E-state index contributed by atoms with van der Waals surface area (Å²) >= 11 is 0. The van der Waals surface area contributed by atoms with E-state index in [9.17, 15) is 14.4 Å². The molecule has 2 N–H and O–H groups in total. The zero-order valence-electron chi connectivity index (χ0n) is 15.1. The summed E-state index contributed by atoms with van der Waals surface area (Å²) in [6.45, 7) is 2.62. The Morgan fingerprint density at radius 3 is 2.65 bits per heavy atom. The quantitative estimate of drug-likeness (QED) is 0.810. The van der Waals surface area contributed by atoms with Crippen LogP contribution in [0.25, 0.3) is 0 Å². The van der Waals surface area contributed by atoms with Crippen molar-refractivity contribution in [3.8, 4) is 0 Å². The molecule has 6 heteroatoms. The Bertz CT molecular complexity index is 756. The first-order valence-electron chi connectivity index (χ1n) is 9.49. The summed E-state index contributed by atoms with van der Waals surface area (Å²) in [5.41, 5.74) is 0.227. The Hall–Kier alpha value is -2.37.